The lowest BCUT2D eigenvalue weighted by atomic mass is 10.0. The van der Waals surface area contributed by atoms with Gasteiger partial charge in [-0.3, -0.25) is 4.79 Å². The summed E-state index contributed by atoms with van der Waals surface area (Å²) in [5.41, 5.74) is -0.863. The third kappa shape index (κ3) is 3.22. The number of rotatable bonds is 3. The number of thiazole rings is 1. The molecule has 2 aromatic rings. The van der Waals surface area contributed by atoms with E-state index < -0.39 is 23.3 Å². The summed E-state index contributed by atoms with van der Waals surface area (Å²) < 4.78 is 50.8. The highest BCUT2D eigenvalue weighted by Gasteiger charge is 2.34. The lowest BCUT2D eigenvalue weighted by molar-refractivity contribution is -0.140. The largest absolute Gasteiger partial charge is 0.419 e. The van der Waals surface area contributed by atoms with Crippen LogP contribution in [0.4, 0.5) is 17.6 Å². The van der Waals surface area contributed by atoms with E-state index >= 15 is 0 Å². The second kappa shape index (κ2) is 5.32. The molecule has 0 aliphatic rings. The number of ketones is 1. The van der Waals surface area contributed by atoms with Crippen molar-refractivity contribution in [3.05, 3.63) is 51.2 Å². The van der Waals surface area contributed by atoms with Crippen LogP contribution < -0.4 is 0 Å². The number of alkyl halides is 3. The molecule has 0 radical (unpaired) electrons. The van der Waals surface area contributed by atoms with Gasteiger partial charge in [0, 0.05) is 16.6 Å². The molecule has 0 aliphatic heterocycles. The van der Waals surface area contributed by atoms with Gasteiger partial charge in [-0.05, 0) is 25.1 Å². The maximum absolute atomic E-state index is 13.1. The minimum atomic E-state index is -4.82. The summed E-state index contributed by atoms with van der Waals surface area (Å²) >= 11 is 1.26. The van der Waals surface area contributed by atoms with Crippen LogP contribution in [0.1, 0.15) is 26.6 Å². The molecule has 7 heteroatoms. The van der Waals surface area contributed by atoms with E-state index in [9.17, 15) is 22.4 Å². The van der Waals surface area contributed by atoms with E-state index in [-0.39, 0.29) is 12.0 Å². The molecule has 0 N–H and O–H groups in total. The number of nitrogens with zero attached hydrogens (tertiary/aromatic N) is 1. The highest BCUT2D eigenvalue weighted by molar-refractivity contribution is 7.09. The summed E-state index contributed by atoms with van der Waals surface area (Å²) in [5, 5.41) is 2.26. The number of hydrogen-bond acceptors (Lipinski definition) is 3. The SMILES string of the molecule is Cc1csc(CC(=O)c2ccc(F)c(C(F)(F)F)c2)n1. The molecule has 2 nitrogen and oxygen atoms in total. The van der Waals surface area contributed by atoms with Gasteiger partial charge in [-0.2, -0.15) is 13.2 Å². The Labute approximate surface area is 116 Å². The normalized spacial score (nSPS) is 11.7. The maximum atomic E-state index is 13.1. The zero-order chi connectivity index (χ0) is 14.9. The average molecular weight is 303 g/mol. The molecular weight excluding hydrogens is 294 g/mol. The van der Waals surface area contributed by atoms with Crippen molar-refractivity contribution in [2.45, 2.75) is 19.5 Å². The van der Waals surface area contributed by atoms with E-state index in [1.807, 2.05) is 0 Å². The summed E-state index contributed by atoms with van der Waals surface area (Å²) in [5.74, 6) is -1.91. The molecule has 2 rings (SSSR count). The van der Waals surface area contributed by atoms with Gasteiger partial charge >= 0.3 is 6.18 Å². The van der Waals surface area contributed by atoms with Crippen LogP contribution in [0.2, 0.25) is 0 Å². The van der Waals surface area contributed by atoms with Crippen LogP contribution in [0.25, 0.3) is 0 Å². The number of aromatic nitrogens is 1. The van der Waals surface area contributed by atoms with Gasteiger partial charge in [0.25, 0.3) is 0 Å². The lowest BCUT2D eigenvalue weighted by Gasteiger charge is -2.09. The van der Waals surface area contributed by atoms with Gasteiger partial charge in [0.05, 0.1) is 12.0 Å². The molecule has 20 heavy (non-hydrogen) atoms. The molecule has 0 aliphatic carbocycles. The van der Waals surface area contributed by atoms with Crippen LogP contribution in [0.5, 0.6) is 0 Å². The Morgan fingerprint density at radius 2 is 2.05 bits per heavy atom. The zero-order valence-corrected chi connectivity index (χ0v) is 11.1. The fourth-order valence-corrected chi connectivity index (χ4v) is 2.41. The third-order valence-corrected chi connectivity index (χ3v) is 3.54. The average Bonchev–Trinajstić information content (AvgIpc) is 2.73. The van der Waals surface area contributed by atoms with Gasteiger partial charge in [0.15, 0.2) is 5.78 Å². The van der Waals surface area contributed by atoms with E-state index in [2.05, 4.69) is 4.98 Å². The van der Waals surface area contributed by atoms with Crippen LogP contribution in [0.15, 0.2) is 23.6 Å². The molecule has 0 saturated heterocycles. The van der Waals surface area contributed by atoms with Gasteiger partial charge < -0.3 is 0 Å². The molecule has 0 saturated carbocycles. The highest BCUT2D eigenvalue weighted by atomic mass is 32.1. The number of Topliss-reactive ketones (excluding diaryl/α,β-unsaturated/α-hetero) is 1. The zero-order valence-electron chi connectivity index (χ0n) is 10.3. The van der Waals surface area contributed by atoms with Gasteiger partial charge in [-0.1, -0.05) is 0 Å². The molecule has 106 valence electrons. The molecule has 0 atom stereocenters. The number of benzene rings is 1. The Hall–Kier alpha value is -1.76. The van der Waals surface area contributed by atoms with E-state index in [0.717, 1.165) is 11.8 Å². The van der Waals surface area contributed by atoms with E-state index in [1.54, 1.807) is 12.3 Å². The third-order valence-electron chi connectivity index (χ3n) is 2.57. The summed E-state index contributed by atoms with van der Waals surface area (Å²) in [6.45, 7) is 1.75. The Morgan fingerprint density at radius 1 is 1.35 bits per heavy atom. The molecule has 1 aromatic carbocycles. The molecular formula is C13H9F4NOS. The molecule has 1 aromatic heterocycles. The first-order valence-corrected chi connectivity index (χ1v) is 6.46. The summed E-state index contributed by atoms with van der Waals surface area (Å²) in [6.07, 6.45) is -4.92. The Morgan fingerprint density at radius 3 is 2.60 bits per heavy atom. The topological polar surface area (TPSA) is 30.0 Å². The number of hydrogen-bond donors (Lipinski definition) is 0. The van der Waals surface area contributed by atoms with Crippen molar-refractivity contribution in [3.8, 4) is 0 Å². The Balaban J connectivity index is 2.27. The van der Waals surface area contributed by atoms with Crippen molar-refractivity contribution < 1.29 is 22.4 Å². The lowest BCUT2D eigenvalue weighted by Crippen LogP contribution is -2.11. The number of aryl methyl sites for hydroxylation is 1. The van der Waals surface area contributed by atoms with E-state index in [4.69, 9.17) is 0 Å². The predicted molar refractivity (Wildman–Crippen MR) is 66.3 cm³/mol. The van der Waals surface area contributed by atoms with Gasteiger partial charge in [-0.15, -0.1) is 11.3 Å². The van der Waals surface area contributed by atoms with Gasteiger partial charge in [-0.25, -0.2) is 9.37 Å². The van der Waals surface area contributed by atoms with Crippen LogP contribution in [0.3, 0.4) is 0 Å². The van der Waals surface area contributed by atoms with Crippen molar-refractivity contribution in [2.75, 3.05) is 0 Å². The minimum absolute atomic E-state index is 0.0958. The van der Waals surface area contributed by atoms with E-state index in [1.165, 1.54) is 11.3 Å². The molecule has 0 amide bonds. The Bertz CT molecular complexity index is 648. The van der Waals surface area contributed by atoms with Crippen LogP contribution in [0, 0.1) is 12.7 Å². The van der Waals surface area contributed by atoms with Crippen molar-refractivity contribution >= 4 is 17.1 Å². The fraction of sp³-hybridized carbons (Fsp3) is 0.231. The first kappa shape index (κ1) is 14.6. The van der Waals surface area contributed by atoms with Crippen molar-refractivity contribution in [1.82, 2.24) is 4.98 Å². The quantitative estimate of drug-likeness (QED) is 0.633. The van der Waals surface area contributed by atoms with Crippen molar-refractivity contribution in [1.29, 1.82) is 0 Å². The molecule has 0 unspecified atom stereocenters. The monoisotopic (exact) mass is 303 g/mol. The molecule has 0 bridgehead atoms. The number of carbonyl (C=O) groups excluding carboxylic acids is 1. The first-order valence-electron chi connectivity index (χ1n) is 5.58. The van der Waals surface area contributed by atoms with Crippen molar-refractivity contribution in [3.63, 3.8) is 0 Å². The molecule has 0 spiro atoms. The second-order valence-corrected chi connectivity index (χ2v) is 5.12. The van der Waals surface area contributed by atoms with Crippen LogP contribution in [-0.4, -0.2) is 10.8 Å². The van der Waals surface area contributed by atoms with E-state index in [0.29, 0.717) is 17.1 Å². The van der Waals surface area contributed by atoms with Crippen LogP contribution in [-0.2, 0) is 12.6 Å². The summed E-state index contributed by atoms with van der Waals surface area (Å²) in [7, 11) is 0. The van der Waals surface area contributed by atoms with Gasteiger partial charge in [0.1, 0.15) is 10.8 Å². The van der Waals surface area contributed by atoms with Crippen molar-refractivity contribution in [2.24, 2.45) is 0 Å². The molecule has 0 fully saturated rings. The second-order valence-electron chi connectivity index (χ2n) is 4.17. The predicted octanol–water partition coefficient (Wildman–Crippen LogP) is 4.03. The number of halogens is 4. The standard InChI is InChI=1S/C13H9F4NOS/c1-7-6-20-12(18-7)5-11(19)8-2-3-10(14)9(4-8)13(15,16)17/h2-4,6H,5H2,1H3. The highest BCUT2D eigenvalue weighted by Crippen LogP contribution is 2.32. The maximum Gasteiger partial charge on any atom is 0.419 e. The van der Waals surface area contributed by atoms with Gasteiger partial charge in [0.2, 0.25) is 0 Å². The first-order chi connectivity index (χ1) is 9.27. The molecule has 1 heterocycles. The summed E-state index contributed by atoms with van der Waals surface area (Å²) in [4.78, 5) is 16.0. The number of carbonyl (C=O) groups is 1. The minimum Gasteiger partial charge on any atom is -0.294 e. The Kier molecular flexibility index (Phi) is 3.89. The fourth-order valence-electron chi connectivity index (χ4n) is 1.64. The smallest absolute Gasteiger partial charge is 0.294 e. The summed E-state index contributed by atoms with van der Waals surface area (Å²) in [6, 6.07) is 2.24. The van der Waals surface area contributed by atoms with Crippen LogP contribution >= 0.6 is 11.3 Å².